The van der Waals surface area contributed by atoms with Crippen molar-refractivity contribution in [2.45, 2.75) is 30.7 Å². The van der Waals surface area contributed by atoms with Gasteiger partial charge in [-0.15, -0.1) is 0 Å². The Hall–Kier alpha value is -2.38. The summed E-state index contributed by atoms with van der Waals surface area (Å²) < 4.78 is 27.4. The third kappa shape index (κ3) is 4.62. The molecule has 0 aromatic heterocycles. The number of benzene rings is 2. The van der Waals surface area contributed by atoms with Crippen molar-refractivity contribution in [2.75, 3.05) is 17.8 Å². The average Bonchev–Trinajstić information content (AvgIpc) is 3.15. The zero-order valence-electron chi connectivity index (χ0n) is 14.7. The van der Waals surface area contributed by atoms with Crippen molar-refractivity contribution in [3.8, 4) is 0 Å². The molecule has 6 nitrogen and oxygen atoms in total. The highest BCUT2D eigenvalue weighted by molar-refractivity contribution is 7.92. The van der Waals surface area contributed by atoms with E-state index in [0.717, 1.165) is 24.9 Å². The van der Waals surface area contributed by atoms with Gasteiger partial charge in [0, 0.05) is 23.8 Å². The van der Waals surface area contributed by atoms with E-state index in [-0.39, 0.29) is 10.8 Å². The maximum absolute atomic E-state index is 12.4. The van der Waals surface area contributed by atoms with E-state index >= 15 is 0 Å². The number of carbonyl (C=O) groups excluding carboxylic acids is 1. The van der Waals surface area contributed by atoms with E-state index in [1.165, 1.54) is 24.3 Å². The van der Waals surface area contributed by atoms with Gasteiger partial charge in [-0.25, -0.2) is 8.42 Å². The maximum Gasteiger partial charge on any atom is 0.261 e. The van der Waals surface area contributed by atoms with Crippen LogP contribution in [0.4, 0.5) is 5.69 Å². The topological polar surface area (TPSA) is 87.3 Å². The van der Waals surface area contributed by atoms with Crippen LogP contribution < -0.4 is 15.4 Å². The zero-order chi connectivity index (χ0) is 18.6. The van der Waals surface area contributed by atoms with Crippen molar-refractivity contribution >= 4 is 21.6 Å². The molecule has 7 heteroatoms. The van der Waals surface area contributed by atoms with E-state index in [0.29, 0.717) is 23.8 Å². The number of aryl methyl sites for hydroxylation is 1. The number of amides is 1. The molecule has 3 rings (SSSR count). The third-order valence-electron chi connectivity index (χ3n) is 4.40. The van der Waals surface area contributed by atoms with Gasteiger partial charge in [0.15, 0.2) is 0 Å². The van der Waals surface area contributed by atoms with Crippen LogP contribution in [-0.4, -0.2) is 33.5 Å². The predicted molar refractivity (Wildman–Crippen MR) is 102 cm³/mol. The van der Waals surface area contributed by atoms with Crippen molar-refractivity contribution < 1.29 is 13.2 Å². The van der Waals surface area contributed by atoms with E-state index in [4.69, 9.17) is 0 Å². The second-order valence-electron chi connectivity index (χ2n) is 6.50. The number of nitrogens with one attached hydrogen (secondary N) is 3. The van der Waals surface area contributed by atoms with Crippen LogP contribution in [0.3, 0.4) is 0 Å². The van der Waals surface area contributed by atoms with Gasteiger partial charge in [0.1, 0.15) is 0 Å². The fourth-order valence-corrected chi connectivity index (χ4v) is 3.93. The molecule has 1 amide bonds. The van der Waals surface area contributed by atoms with E-state index in [2.05, 4.69) is 15.4 Å². The molecule has 1 fully saturated rings. The molecular weight excluding hydrogens is 350 g/mol. The molecule has 1 heterocycles. The Kier molecular flexibility index (Phi) is 5.58. The van der Waals surface area contributed by atoms with Crippen molar-refractivity contribution in [3.63, 3.8) is 0 Å². The molecule has 3 N–H and O–H groups in total. The van der Waals surface area contributed by atoms with Crippen LogP contribution in [0.5, 0.6) is 0 Å². The van der Waals surface area contributed by atoms with Crippen molar-refractivity contribution in [2.24, 2.45) is 0 Å². The Morgan fingerprint density at radius 1 is 1.12 bits per heavy atom. The summed E-state index contributed by atoms with van der Waals surface area (Å²) in [5.41, 5.74) is 2.00. The molecule has 2 aromatic carbocycles. The van der Waals surface area contributed by atoms with Crippen LogP contribution in [0.25, 0.3) is 0 Å². The van der Waals surface area contributed by atoms with Gasteiger partial charge in [0.25, 0.3) is 15.9 Å². The monoisotopic (exact) mass is 373 g/mol. The fraction of sp³-hybridized carbons (Fsp3) is 0.316. The number of hydrogen-bond donors (Lipinski definition) is 3. The normalized spacial score (nSPS) is 17.0. The zero-order valence-corrected chi connectivity index (χ0v) is 15.5. The minimum absolute atomic E-state index is 0.118. The maximum atomic E-state index is 12.4. The van der Waals surface area contributed by atoms with Crippen molar-refractivity contribution in [3.05, 3.63) is 59.7 Å². The molecule has 0 radical (unpaired) electrons. The molecule has 1 aliphatic rings. The fourth-order valence-electron chi connectivity index (χ4n) is 2.87. The van der Waals surface area contributed by atoms with Crippen molar-refractivity contribution in [1.29, 1.82) is 0 Å². The molecule has 0 bridgehead atoms. The van der Waals surface area contributed by atoms with E-state index in [9.17, 15) is 13.2 Å². The van der Waals surface area contributed by atoms with E-state index < -0.39 is 10.0 Å². The number of anilines is 1. The lowest BCUT2D eigenvalue weighted by molar-refractivity contribution is 0.0950. The van der Waals surface area contributed by atoms with Gasteiger partial charge in [0.2, 0.25) is 0 Å². The van der Waals surface area contributed by atoms with Crippen molar-refractivity contribution in [1.82, 2.24) is 10.6 Å². The summed E-state index contributed by atoms with van der Waals surface area (Å²) in [5, 5.41) is 6.19. The summed E-state index contributed by atoms with van der Waals surface area (Å²) in [7, 11) is -3.69. The molecule has 0 saturated carbocycles. The first-order valence-corrected chi connectivity index (χ1v) is 10.1. The second kappa shape index (κ2) is 7.88. The number of hydrogen-bond acceptors (Lipinski definition) is 4. The summed E-state index contributed by atoms with van der Waals surface area (Å²) in [6.07, 6.45) is 2.18. The molecular formula is C19H23N3O3S. The smallest absolute Gasteiger partial charge is 0.261 e. The van der Waals surface area contributed by atoms with Crippen LogP contribution >= 0.6 is 0 Å². The summed E-state index contributed by atoms with van der Waals surface area (Å²) in [4.78, 5) is 12.3. The van der Waals surface area contributed by atoms with Gasteiger partial charge in [-0.3, -0.25) is 9.52 Å². The van der Waals surface area contributed by atoms with Crippen LogP contribution in [0.1, 0.15) is 28.8 Å². The summed E-state index contributed by atoms with van der Waals surface area (Å²) in [6.45, 7) is 3.50. The molecule has 2 aromatic rings. The molecule has 0 spiro atoms. The van der Waals surface area contributed by atoms with Crippen LogP contribution in [0.2, 0.25) is 0 Å². The molecule has 1 unspecified atom stereocenters. The number of carbonyl (C=O) groups is 1. The van der Waals surface area contributed by atoms with Crippen LogP contribution in [0, 0.1) is 6.92 Å². The first kappa shape index (κ1) is 18.4. The van der Waals surface area contributed by atoms with Gasteiger partial charge < -0.3 is 10.6 Å². The SMILES string of the molecule is Cc1ccc(NS(=O)(=O)c2ccc(C(=O)NCC3CCCN3)cc2)cc1. The van der Waals surface area contributed by atoms with E-state index in [1.54, 1.807) is 12.1 Å². The highest BCUT2D eigenvalue weighted by atomic mass is 32.2. The Morgan fingerprint density at radius 3 is 2.42 bits per heavy atom. The third-order valence-corrected chi connectivity index (χ3v) is 5.80. The molecule has 26 heavy (non-hydrogen) atoms. The van der Waals surface area contributed by atoms with Gasteiger partial charge in [-0.05, 0) is 62.7 Å². The second-order valence-corrected chi connectivity index (χ2v) is 8.18. The highest BCUT2D eigenvalue weighted by Crippen LogP contribution is 2.17. The van der Waals surface area contributed by atoms with Gasteiger partial charge in [-0.2, -0.15) is 0 Å². The lowest BCUT2D eigenvalue weighted by Crippen LogP contribution is -2.37. The minimum Gasteiger partial charge on any atom is -0.350 e. The van der Waals surface area contributed by atoms with Gasteiger partial charge >= 0.3 is 0 Å². The van der Waals surface area contributed by atoms with Gasteiger partial charge in [0.05, 0.1) is 4.90 Å². The largest absolute Gasteiger partial charge is 0.350 e. The molecule has 0 aliphatic carbocycles. The first-order chi connectivity index (χ1) is 12.4. The number of sulfonamides is 1. The lowest BCUT2D eigenvalue weighted by Gasteiger charge is -2.12. The molecule has 1 atom stereocenters. The Morgan fingerprint density at radius 2 is 1.81 bits per heavy atom. The first-order valence-electron chi connectivity index (χ1n) is 8.65. The average molecular weight is 373 g/mol. The Labute approximate surface area is 154 Å². The number of rotatable bonds is 6. The van der Waals surface area contributed by atoms with Gasteiger partial charge in [-0.1, -0.05) is 17.7 Å². The molecule has 138 valence electrons. The minimum atomic E-state index is -3.69. The molecule has 1 saturated heterocycles. The summed E-state index contributed by atoms with van der Waals surface area (Å²) >= 11 is 0. The highest BCUT2D eigenvalue weighted by Gasteiger charge is 2.17. The van der Waals surface area contributed by atoms with Crippen LogP contribution in [0.15, 0.2) is 53.4 Å². The Balaban J connectivity index is 1.63. The lowest BCUT2D eigenvalue weighted by atomic mass is 10.2. The predicted octanol–water partition coefficient (Wildman–Crippen LogP) is 2.28. The summed E-state index contributed by atoms with van der Waals surface area (Å²) in [6, 6.07) is 13.4. The quantitative estimate of drug-likeness (QED) is 0.725. The summed E-state index contributed by atoms with van der Waals surface area (Å²) in [5.74, 6) is -0.200. The standard InChI is InChI=1S/C19H23N3O3S/c1-14-4-8-16(9-5-14)22-26(24,25)18-10-6-15(7-11-18)19(23)21-13-17-3-2-12-20-17/h4-11,17,20,22H,2-3,12-13H2,1H3,(H,21,23). The van der Waals surface area contributed by atoms with E-state index in [1.807, 2.05) is 19.1 Å². The molecule has 1 aliphatic heterocycles. The van der Waals surface area contributed by atoms with Crippen LogP contribution in [-0.2, 0) is 10.0 Å². The Bertz CT molecular complexity index is 856.